The fraction of sp³-hybridized carbons (Fsp3) is 0.538. The fourth-order valence-electron chi connectivity index (χ4n) is 2.58. The first-order chi connectivity index (χ1) is 8.43. The standard InChI is InChI=1S/C13H18N4/c1-2-6-11(5-1)14-9-8-13-16-15-12-7-3-4-10-17(12)13/h3-4,7,10-11,14H,1-2,5-6,8-9H2. The summed E-state index contributed by atoms with van der Waals surface area (Å²) < 4.78 is 2.07. The Kier molecular flexibility index (Phi) is 3.05. The molecule has 0 spiro atoms. The average molecular weight is 230 g/mol. The lowest BCUT2D eigenvalue weighted by Crippen LogP contribution is -2.28. The molecule has 2 aromatic heterocycles. The molecule has 3 rings (SSSR count). The van der Waals surface area contributed by atoms with Gasteiger partial charge >= 0.3 is 0 Å². The molecule has 2 heterocycles. The number of nitrogens with one attached hydrogen (secondary N) is 1. The molecule has 0 radical (unpaired) electrons. The molecule has 0 unspecified atom stereocenters. The van der Waals surface area contributed by atoms with Gasteiger partial charge < -0.3 is 5.32 Å². The molecule has 1 aliphatic rings. The summed E-state index contributed by atoms with van der Waals surface area (Å²) >= 11 is 0. The van der Waals surface area contributed by atoms with Crippen LogP contribution in [0.2, 0.25) is 0 Å². The highest BCUT2D eigenvalue weighted by atomic mass is 15.2. The molecule has 0 aliphatic heterocycles. The van der Waals surface area contributed by atoms with Gasteiger partial charge in [0, 0.05) is 25.2 Å². The van der Waals surface area contributed by atoms with Gasteiger partial charge in [0.25, 0.3) is 0 Å². The lowest BCUT2D eigenvalue weighted by molar-refractivity contribution is 0.522. The molecule has 0 amide bonds. The topological polar surface area (TPSA) is 42.2 Å². The van der Waals surface area contributed by atoms with Crippen molar-refractivity contribution < 1.29 is 0 Å². The minimum absolute atomic E-state index is 0.731. The molecule has 90 valence electrons. The van der Waals surface area contributed by atoms with Gasteiger partial charge in [-0.05, 0) is 25.0 Å². The van der Waals surface area contributed by atoms with Crippen molar-refractivity contribution in [1.29, 1.82) is 0 Å². The number of fused-ring (bicyclic) bond motifs is 1. The number of hydrogen-bond acceptors (Lipinski definition) is 3. The van der Waals surface area contributed by atoms with Crippen LogP contribution in [-0.4, -0.2) is 27.2 Å². The number of hydrogen-bond donors (Lipinski definition) is 1. The molecule has 0 saturated heterocycles. The van der Waals surface area contributed by atoms with E-state index in [-0.39, 0.29) is 0 Å². The van der Waals surface area contributed by atoms with Crippen LogP contribution in [-0.2, 0) is 6.42 Å². The molecule has 4 nitrogen and oxygen atoms in total. The Morgan fingerprint density at radius 3 is 3.00 bits per heavy atom. The van der Waals surface area contributed by atoms with Crippen LogP contribution in [0.25, 0.3) is 5.65 Å². The predicted octanol–water partition coefficient (Wildman–Crippen LogP) is 1.80. The zero-order valence-corrected chi connectivity index (χ0v) is 9.97. The van der Waals surface area contributed by atoms with Gasteiger partial charge in [-0.2, -0.15) is 0 Å². The lowest BCUT2D eigenvalue weighted by Gasteiger charge is -2.10. The minimum Gasteiger partial charge on any atom is -0.314 e. The zero-order valence-electron chi connectivity index (χ0n) is 9.97. The Bertz CT molecular complexity index is 485. The highest BCUT2D eigenvalue weighted by molar-refractivity contribution is 5.36. The molecule has 1 fully saturated rings. The van der Waals surface area contributed by atoms with Crippen molar-refractivity contribution in [2.75, 3.05) is 6.54 Å². The van der Waals surface area contributed by atoms with E-state index in [9.17, 15) is 0 Å². The highest BCUT2D eigenvalue weighted by Crippen LogP contribution is 2.17. The Labute approximate surface area is 101 Å². The van der Waals surface area contributed by atoms with Gasteiger partial charge in [0.15, 0.2) is 5.65 Å². The summed E-state index contributed by atoms with van der Waals surface area (Å²) in [4.78, 5) is 0. The molecule has 0 atom stereocenters. The Morgan fingerprint density at radius 2 is 2.12 bits per heavy atom. The molecular formula is C13H18N4. The maximum absolute atomic E-state index is 4.23. The third-order valence-electron chi connectivity index (χ3n) is 3.52. The van der Waals surface area contributed by atoms with Gasteiger partial charge in [-0.25, -0.2) is 0 Å². The summed E-state index contributed by atoms with van der Waals surface area (Å²) in [5, 5.41) is 12.0. The van der Waals surface area contributed by atoms with Gasteiger partial charge in [-0.3, -0.25) is 4.40 Å². The molecular weight excluding hydrogens is 212 g/mol. The van der Waals surface area contributed by atoms with Crippen LogP contribution in [0, 0.1) is 0 Å². The van der Waals surface area contributed by atoms with Gasteiger partial charge in [0.1, 0.15) is 5.82 Å². The van der Waals surface area contributed by atoms with Crippen molar-refractivity contribution >= 4 is 5.65 Å². The van der Waals surface area contributed by atoms with Crippen molar-refractivity contribution in [2.45, 2.75) is 38.1 Å². The quantitative estimate of drug-likeness (QED) is 0.871. The third-order valence-corrected chi connectivity index (χ3v) is 3.52. The van der Waals surface area contributed by atoms with E-state index < -0.39 is 0 Å². The molecule has 1 saturated carbocycles. The van der Waals surface area contributed by atoms with Crippen LogP contribution in [0.4, 0.5) is 0 Å². The van der Waals surface area contributed by atoms with Crippen molar-refractivity contribution in [3.05, 3.63) is 30.2 Å². The number of rotatable bonds is 4. The molecule has 0 bridgehead atoms. The molecule has 17 heavy (non-hydrogen) atoms. The van der Waals surface area contributed by atoms with Crippen LogP contribution in [0.3, 0.4) is 0 Å². The smallest absolute Gasteiger partial charge is 0.160 e. The minimum atomic E-state index is 0.731. The van der Waals surface area contributed by atoms with Crippen LogP contribution >= 0.6 is 0 Å². The number of pyridine rings is 1. The van der Waals surface area contributed by atoms with Gasteiger partial charge in [0.05, 0.1) is 0 Å². The maximum atomic E-state index is 4.23. The highest BCUT2D eigenvalue weighted by Gasteiger charge is 2.14. The van der Waals surface area contributed by atoms with Crippen molar-refractivity contribution in [1.82, 2.24) is 19.9 Å². The molecule has 0 aromatic carbocycles. The van der Waals surface area contributed by atoms with Crippen molar-refractivity contribution in [3.63, 3.8) is 0 Å². The summed E-state index contributed by atoms with van der Waals surface area (Å²) in [7, 11) is 0. The van der Waals surface area contributed by atoms with Crippen LogP contribution in [0.15, 0.2) is 24.4 Å². The molecule has 1 N–H and O–H groups in total. The largest absolute Gasteiger partial charge is 0.314 e. The lowest BCUT2D eigenvalue weighted by atomic mass is 10.2. The summed E-state index contributed by atoms with van der Waals surface area (Å²) in [6, 6.07) is 6.73. The second kappa shape index (κ2) is 4.84. The van der Waals surface area contributed by atoms with Crippen molar-refractivity contribution in [2.24, 2.45) is 0 Å². The molecule has 1 aliphatic carbocycles. The molecule has 4 heteroatoms. The fourth-order valence-corrected chi connectivity index (χ4v) is 2.58. The van der Waals surface area contributed by atoms with Gasteiger partial charge in [0.2, 0.25) is 0 Å². The Morgan fingerprint density at radius 1 is 1.24 bits per heavy atom. The Balaban J connectivity index is 1.60. The van der Waals surface area contributed by atoms with E-state index in [2.05, 4.69) is 19.9 Å². The van der Waals surface area contributed by atoms with E-state index >= 15 is 0 Å². The van der Waals surface area contributed by atoms with Gasteiger partial charge in [-0.1, -0.05) is 18.9 Å². The average Bonchev–Trinajstić information content (AvgIpc) is 2.99. The maximum Gasteiger partial charge on any atom is 0.160 e. The second-order valence-electron chi connectivity index (χ2n) is 4.73. The zero-order chi connectivity index (χ0) is 11.5. The first kappa shape index (κ1) is 10.7. The van der Waals surface area contributed by atoms with Crippen molar-refractivity contribution in [3.8, 4) is 0 Å². The van der Waals surface area contributed by atoms with E-state index in [1.54, 1.807) is 0 Å². The van der Waals surface area contributed by atoms with E-state index in [0.717, 1.165) is 30.5 Å². The summed E-state index contributed by atoms with van der Waals surface area (Å²) in [5.41, 5.74) is 0.934. The van der Waals surface area contributed by atoms with E-state index in [0.29, 0.717) is 0 Å². The second-order valence-corrected chi connectivity index (χ2v) is 4.73. The van der Waals surface area contributed by atoms with Crippen LogP contribution in [0.1, 0.15) is 31.5 Å². The van der Waals surface area contributed by atoms with Crippen LogP contribution in [0.5, 0.6) is 0 Å². The predicted molar refractivity (Wildman–Crippen MR) is 66.9 cm³/mol. The van der Waals surface area contributed by atoms with E-state index in [1.807, 2.05) is 24.4 Å². The van der Waals surface area contributed by atoms with E-state index in [1.165, 1.54) is 25.7 Å². The normalized spacial score (nSPS) is 16.9. The Hall–Kier alpha value is -1.42. The molecule has 2 aromatic rings. The summed E-state index contributed by atoms with van der Waals surface area (Å²) in [6.07, 6.45) is 8.40. The van der Waals surface area contributed by atoms with Gasteiger partial charge in [-0.15, -0.1) is 10.2 Å². The van der Waals surface area contributed by atoms with E-state index in [4.69, 9.17) is 0 Å². The summed E-state index contributed by atoms with van der Waals surface area (Å²) in [6.45, 7) is 1.00. The van der Waals surface area contributed by atoms with Crippen LogP contribution < -0.4 is 5.32 Å². The first-order valence-corrected chi connectivity index (χ1v) is 6.45. The first-order valence-electron chi connectivity index (χ1n) is 6.45. The SMILES string of the molecule is c1ccn2c(CCNC3CCCC3)nnc2c1. The summed E-state index contributed by atoms with van der Waals surface area (Å²) in [5.74, 6) is 1.05. The number of nitrogens with zero attached hydrogens (tertiary/aromatic N) is 3. The third kappa shape index (κ3) is 2.31. The number of aromatic nitrogens is 3. The monoisotopic (exact) mass is 230 g/mol.